The molecule has 0 radical (unpaired) electrons. The first-order valence-electron chi connectivity index (χ1n) is 19.0. The minimum Gasteiger partial charge on any atom is -0.850 e. The number of hydrogen-bond acceptors (Lipinski definition) is 4. The van der Waals surface area contributed by atoms with Gasteiger partial charge in [0, 0.05) is 0 Å². The van der Waals surface area contributed by atoms with Crippen molar-refractivity contribution in [2.75, 3.05) is 0 Å². The van der Waals surface area contributed by atoms with Gasteiger partial charge in [-0.1, -0.05) is 0 Å². The van der Waals surface area contributed by atoms with E-state index in [-0.39, 0.29) is 0 Å². The molecule has 6 atom stereocenters. The van der Waals surface area contributed by atoms with Gasteiger partial charge in [0.25, 0.3) is 0 Å². The molecule has 0 N–H and O–H groups in total. The van der Waals surface area contributed by atoms with Crippen LogP contribution < -0.4 is 9.79 Å². The van der Waals surface area contributed by atoms with E-state index in [2.05, 4.69) is 86.4 Å². The number of rotatable bonds is 24. The molecule has 0 amide bonds. The maximum Gasteiger partial charge on any atom is -0.160 e. The molecule has 0 aromatic rings. The summed E-state index contributed by atoms with van der Waals surface area (Å²) in [5, 5.41) is 0. The average molecular weight is 831 g/mol. The molecule has 8 heteroatoms. The van der Waals surface area contributed by atoms with Crippen LogP contribution in [0.3, 0.4) is 0 Å². The first-order chi connectivity index (χ1) is 20.8. The summed E-state index contributed by atoms with van der Waals surface area (Å²) in [6.07, 6.45) is 30.1. The number of hydrogen-bond donors (Lipinski definition) is 0. The van der Waals surface area contributed by atoms with Crippen LogP contribution in [0.4, 0.5) is 0 Å². The molecule has 254 valence electrons. The maximum absolute atomic E-state index is 9.29. The van der Waals surface area contributed by atoms with Crippen molar-refractivity contribution in [3.63, 3.8) is 0 Å². The fourth-order valence-electron chi connectivity index (χ4n) is 5.82. The van der Waals surface area contributed by atoms with Gasteiger partial charge < -0.3 is 27.7 Å². The van der Waals surface area contributed by atoms with E-state index in [0.717, 1.165) is 31.3 Å². The summed E-state index contributed by atoms with van der Waals surface area (Å²) in [6, 6.07) is 0. The smallest absolute Gasteiger partial charge is 0.160 e. The molecule has 0 fully saturated rings. The van der Waals surface area contributed by atoms with E-state index in [9.17, 15) is 9.79 Å². The van der Waals surface area contributed by atoms with Gasteiger partial charge in [0.05, 0.1) is 0 Å². The molecule has 0 heterocycles. The van der Waals surface area contributed by atoms with E-state index in [0.29, 0.717) is 0 Å². The molecule has 44 heavy (non-hydrogen) atoms. The van der Waals surface area contributed by atoms with E-state index < -0.39 is 5.69 Å². The van der Waals surface area contributed by atoms with Crippen LogP contribution in [0.15, 0.2) is 0 Å². The third-order valence-corrected chi connectivity index (χ3v) is 15.9. The van der Waals surface area contributed by atoms with Crippen molar-refractivity contribution >= 4 is 29.7 Å². The minimum absolute atomic E-state index is 1.05. The van der Waals surface area contributed by atoms with Crippen molar-refractivity contribution in [2.24, 2.45) is 17.8 Å². The van der Waals surface area contributed by atoms with Crippen LogP contribution in [-0.2, 0) is 79.0 Å². The fraction of sp³-hybridized carbons (Fsp3) is 1.00. The van der Waals surface area contributed by atoms with E-state index in [4.69, 9.17) is 0 Å². The van der Waals surface area contributed by atoms with E-state index >= 15 is 0 Å². The monoisotopic (exact) mass is 826 g/mol. The molecule has 0 bridgehead atoms. The van der Waals surface area contributed by atoms with Crippen molar-refractivity contribution in [1.82, 2.24) is 0 Å². The molecule has 0 aliphatic rings. The van der Waals surface area contributed by atoms with Gasteiger partial charge >= 0.3 is 283 Å². The Hall–Kier alpha value is 2.79. The average Bonchev–Trinajstić information content (AvgIpc) is 2.98. The van der Waals surface area contributed by atoms with Gasteiger partial charge in [-0.25, -0.2) is 0 Å². The van der Waals surface area contributed by atoms with Crippen LogP contribution in [0, 0.1) is 17.8 Å². The third-order valence-electron chi connectivity index (χ3n) is 9.14. The SMILES string of the molecule is CCCC[CH]([Zn+])C(CC)CCCC.CCCC[CH]([Zn+])C(CC)CCCC.CCCC[CH]([Zn+])C(CC)CCCC.[O-]P([O-])(=S)[S-]. The molecule has 0 saturated heterocycles. The molecule has 0 aromatic carbocycles. The van der Waals surface area contributed by atoms with Crippen LogP contribution in [0.2, 0.25) is 13.5 Å². The van der Waals surface area contributed by atoms with Crippen LogP contribution in [-0.4, -0.2) is 0 Å². The topological polar surface area (TPSA) is 46.1 Å². The molecule has 6 unspecified atom stereocenters. The van der Waals surface area contributed by atoms with Gasteiger partial charge in [0.15, 0.2) is 0 Å². The Labute approximate surface area is 320 Å². The molecule has 0 aliphatic heterocycles. The standard InChI is InChI=1S/3C12H25.H3O2PS2.3Zn/c3*1-4-7-9-11-12(6-3)10-8-5-2;1-3(2,4)5;;;/h3*11-12H,4-10H2,1-3H3;(H3,1,2,4,5);;;/q;;;;3*+1/p-3. The van der Waals surface area contributed by atoms with Crippen LogP contribution in [0.1, 0.15) is 197 Å². The molecular weight excluding hydrogens is 756 g/mol. The minimum atomic E-state index is -3.72. The van der Waals surface area contributed by atoms with Crippen molar-refractivity contribution in [3.05, 3.63) is 0 Å². The fourth-order valence-corrected chi connectivity index (χ4v) is 11.2. The third kappa shape index (κ3) is 42.8. The summed E-state index contributed by atoms with van der Waals surface area (Å²) in [6.45, 7) is 20.9. The largest absolute Gasteiger partial charge is 0.850 e. The van der Waals surface area contributed by atoms with Crippen molar-refractivity contribution in [3.8, 4) is 0 Å². The summed E-state index contributed by atoms with van der Waals surface area (Å²) in [7, 11) is 0. The maximum atomic E-state index is 9.29. The Kier molecular flexibility index (Phi) is 49.0. The first kappa shape index (κ1) is 53.6. The molecule has 0 aromatic heterocycles. The molecule has 2 nitrogen and oxygen atoms in total. The zero-order valence-corrected chi connectivity index (χ0v) is 42.9. The Balaban J connectivity index is -0.000000253. The molecule has 0 aliphatic carbocycles. The van der Waals surface area contributed by atoms with Crippen molar-refractivity contribution < 1.29 is 64.7 Å². The van der Waals surface area contributed by atoms with Gasteiger partial charge in [-0.2, -0.15) is 11.8 Å². The second-order valence-corrected chi connectivity index (χ2v) is 24.2. The normalized spacial score (nSPS) is 15.3. The molecule has 0 rings (SSSR count). The quantitative estimate of drug-likeness (QED) is 0.0552. The van der Waals surface area contributed by atoms with Crippen LogP contribution in [0.5, 0.6) is 0 Å². The molecule has 0 saturated carbocycles. The summed E-state index contributed by atoms with van der Waals surface area (Å²) < 4.78 is 3.24. The predicted octanol–water partition coefficient (Wildman–Crippen LogP) is 12.7. The van der Waals surface area contributed by atoms with Crippen LogP contribution in [0.25, 0.3) is 0 Å². The summed E-state index contributed by atoms with van der Waals surface area (Å²) >= 11 is 11.8. The summed E-state index contributed by atoms with van der Waals surface area (Å²) in [5.41, 5.74) is -3.72. The van der Waals surface area contributed by atoms with Crippen LogP contribution >= 0.6 is 5.69 Å². The van der Waals surface area contributed by atoms with Gasteiger partial charge in [-0.15, -0.1) is 0 Å². The van der Waals surface area contributed by atoms with Gasteiger partial charge in [-0.3, -0.25) is 0 Å². The zero-order chi connectivity index (χ0) is 34.8. The number of unbranched alkanes of at least 4 members (excludes halogenated alkanes) is 6. The Morgan fingerprint density at radius 2 is 0.614 bits per heavy atom. The van der Waals surface area contributed by atoms with Gasteiger partial charge in [0.2, 0.25) is 0 Å². The van der Waals surface area contributed by atoms with E-state index in [1.807, 2.05) is 0 Å². The molecule has 0 spiro atoms. The van der Waals surface area contributed by atoms with E-state index in [1.54, 1.807) is 0 Å². The zero-order valence-electron chi connectivity index (χ0n) is 31.5. The van der Waals surface area contributed by atoms with Crippen molar-refractivity contribution in [1.29, 1.82) is 0 Å². The van der Waals surface area contributed by atoms with Gasteiger partial charge in [-0.05, 0) is 0 Å². The summed E-state index contributed by atoms with van der Waals surface area (Å²) in [5.74, 6) is 3.14. The Morgan fingerprint density at radius 3 is 0.750 bits per heavy atom. The van der Waals surface area contributed by atoms with E-state index in [1.165, 1.54) is 190 Å². The second kappa shape index (κ2) is 40.2. The Morgan fingerprint density at radius 1 is 0.455 bits per heavy atom. The van der Waals surface area contributed by atoms with Gasteiger partial charge in [0.1, 0.15) is 0 Å². The van der Waals surface area contributed by atoms with Crippen molar-refractivity contribution in [2.45, 2.75) is 211 Å². The summed E-state index contributed by atoms with van der Waals surface area (Å²) in [4.78, 5) is 18.6. The predicted molar refractivity (Wildman–Crippen MR) is 191 cm³/mol. The Bertz CT molecular complexity index is 514. The first-order valence-corrected chi connectivity index (χ1v) is 27.8. The molecular formula is C36H75O2PS2Zn3. The second-order valence-electron chi connectivity index (χ2n) is 13.1.